The second-order valence-corrected chi connectivity index (χ2v) is 9.46. The van der Waals surface area contributed by atoms with Gasteiger partial charge in [-0.05, 0) is 30.3 Å². The van der Waals surface area contributed by atoms with Gasteiger partial charge in [0.25, 0.3) is 5.91 Å². The molecule has 1 aromatic heterocycles. The van der Waals surface area contributed by atoms with Crippen LogP contribution >= 0.6 is 23.2 Å². The van der Waals surface area contributed by atoms with Crippen molar-refractivity contribution in [1.29, 1.82) is 0 Å². The van der Waals surface area contributed by atoms with E-state index in [9.17, 15) is 42.1 Å². The number of halogens is 7. The van der Waals surface area contributed by atoms with Crippen LogP contribution in [0.5, 0.6) is 0 Å². The maximum absolute atomic E-state index is 13.9. The Morgan fingerprint density at radius 2 is 1.77 bits per heavy atom. The van der Waals surface area contributed by atoms with Gasteiger partial charge >= 0.3 is 6.18 Å². The molecule has 0 saturated carbocycles. The Morgan fingerprint density at radius 3 is 2.36 bits per heavy atom. The number of carbonyl (C=O) groups excluding carboxylic acids is 1. The molecule has 5 unspecified atom stereocenters. The predicted octanol–water partition coefficient (Wildman–Crippen LogP) is 3.23. The van der Waals surface area contributed by atoms with Crippen LogP contribution in [-0.2, 0) is 15.7 Å². The molecular formula is C23H19Cl2F5N4O5. The monoisotopic (exact) mass is 596 g/mol. The van der Waals surface area contributed by atoms with Crippen LogP contribution in [0.3, 0.4) is 0 Å². The highest BCUT2D eigenvalue weighted by atomic mass is 35.5. The number of amides is 1. The first kappa shape index (κ1) is 29.1. The summed E-state index contributed by atoms with van der Waals surface area (Å²) in [5, 5.41) is 38.2. The topological polar surface area (TPSA) is 121 Å². The van der Waals surface area contributed by atoms with Crippen LogP contribution in [0.1, 0.15) is 11.6 Å². The number of carbonyl (C=O) groups is 1. The summed E-state index contributed by atoms with van der Waals surface area (Å²) in [5.41, 5.74) is -2.02. The molecule has 9 nitrogen and oxygen atoms in total. The lowest BCUT2D eigenvalue weighted by molar-refractivity contribution is -0.205. The molecule has 5 atom stereocenters. The fourth-order valence-corrected chi connectivity index (χ4v) is 4.48. The molecule has 1 saturated heterocycles. The van der Waals surface area contributed by atoms with E-state index >= 15 is 0 Å². The summed E-state index contributed by atoms with van der Waals surface area (Å²) in [6.45, 7) is -0.849. The molecule has 1 amide bonds. The number of hydrogen-bond donors (Lipinski definition) is 3. The van der Waals surface area contributed by atoms with Crippen LogP contribution in [0, 0.1) is 11.6 Å². The number of anilines is 1. The van der Waals surface area contributed by atoms with Gasteiger partial charge in [0.2, 0.25) is 0 Å². The molecule has 210 valence electrons. The average molecular weight is 597 g/mol. The Labute approximate surface area is 226 Å². The summed E-state index contributed by atoms with van der Waals surface area (Å²) in [4.78, 5) is 13.9. The van der Waals surface area contributed by atoms with E-state index < -0.39 is 77.1 Å². The lowest BCUT2D eigenvalue weighted by Crippen LogP contribution is -2.60. The van der Waals surface area contributed by atoms with E-state index in [4.69, 9.17) is 27.9 Å². The van der Waals surface area contributed by atoms with Crippen molar-refractivity contribution in [3.8, 4) is 11.3 Å². The van der Waals surface area contributed by atoms with Gasteiger partial charge in [-0.1, -0.05) is 28.4 Å². The van der Waals surface area contributed by atoms with Gasteiger partial charge in [0, 0.05) is 17.6 Å². The summed E-state index contributed by atoms with van der Waals surface area (Å²) in [7, 11) is 1.00. The van der Waals surface area contributed by atoms with Crippen LogP contribution in [0.4, 0.5) is 27.6 Å². The van der Waals surface area contributed by atoms with E-state index in [1.54, 1.807) is 0 Å². The maximum atomic E-state index is 13.9. The molecule has 0 spiro atoms. The third-order valence-electron chi connectivity index (χ3n) is 6.19. The van der Waals surface area contributed by atoms with Gasteiger partial charge in [-0.3, -0.25) is 4.79 Å². The van der Waals surface area contributed by atoms with Crippen molar-refractivity contribution in [2.75, 3.05) is 18.6 Å². The summed E-state index contributed by atoms with van der Waals surface area (Å²) in [6.07, 6.45) is -10.8. The third kappa shape index (κ3) is 5.58. The number of likely N-dealkylation sites (N-methyl/N-ethyl adjacent to an activating group) is 1. The fraction of sp³-hybridized carbons (Fsp3) is 0.348. The highest BCUT2D eigenvalue weighted by molar-refractivity contribution is 6.31. The molecule has 0 radical (unpaired) electrons. The molecule has 1 aliphatic heterocycles. The Bertz CT molecular complexity index is 1370. The van der Waals surface area contributed by atoms with Gasteiger partial charge in [0.15, 0.2) is 6.10 Å². The minimum absolute atomic E-state index is 0.0941. The van der Waals surface area contributed by atoms with Crippen molar-refractivity contribution in [3.05, 3.63) is 63.8 Å². The number of aliphatic hydroxyl groups is 3. The van der Waals surface area contributed by atoms with Crippen LogP contribution in [0.2, 0.25) is 10.0 Å². The molecule has 4 rings (SSSR count). The van der Waals surface area contributed by atoms with E-state index in [0.717, 1.165) is 42.2 Å². The fourth-order valence-electron chi connectivity index (χ4n) is 4.21. The normalized spacial score (nSPS) is 23.6. The van der Waals surface area contributed by atoms with Crippen molar-refractivity contribution in [3.63, 3.8) is 0 Å². The molecule has 3 N–H and O–H groups in total. The van der Waals surface area contributed by atoms with Crippen molar-refractivity contribution >= 4 is 34.8 Å². The number of nitrogens with zero attached hydrogens (tertiary/aromatic N) is 4. The van der Waals surface area contributed by atoms with Crippen molar-refractivity contribution in [1.82, 2.24) is 15.0 Å². The predicted molar refractivity (Wildman–Crippen MR) is 127 cm³/mol. The van der Waals surface area contributed by atoms with Crippen molar-refractivity contribution in [2.45, 2.75) is 36.6 Å². The van der Waals surface area contributed by atoms with Crippen LogP contribution in [0.15, 0.2) is 36.5 Å². The summed E-state index contributed by atoms with van der Waals surface area (Å²) < 4.78 is 74.9. The largest absolute Gasteiger partial charge is 0.418 e. The van der Waals surface area contributed by atoms with Crippen LogP contribution in [-0.4, -0.2) is 74.3 Å². The maximum Gasteiger partial charge on any atom is 0.418 e. The molecule has 16 heteroatoms. The Morgan fingerprint density at radius 1 is 1.13 bits per heavy atom. The first-order valence-electron chi connectivity index (χ1n) is 11.1. The Hall–Kier alpha value is -2.88. The molecule has 1 fully saturated rings. The number of rotatable bonds is 5. The van der Waals surface area contributed by atoms with Gasteiger partial charge in [-0.2, -0.15) is 13.2 Å². The second kappa shape index (κ2) is 10.9. The molecule has 2 aromatic carbocycles. The highest BCUT2D eigenvalue weighted by Crippen LogP contribution is 2.39. The van der Waals surface area contributed by atoms with Gasteiger partial charge < -0.3 is 25.0 Å². The molecular weight excluding hydrogens is 578 g/mol. The summed E-state index contributed by atoms with van der Waals surface area (Å²) in [5.74, 6) is -3.32. The van der Waals surface area contributed by atoms with Gasteiger partial charge in [0.1, 0.15) is 46.7 Å². The molecule has 0 bridgehead atoms. The first-order chi connectivity index (χ1) is 18.2. The van der Waals surface area contributed by atoms with Crippen LogP contribution < -0.4 is 4.90 Å². The number of hydrogen-bond acceptors (Lipinski definition) is 7. The zero-order valence-electron chi connectivity index (χ0n) is 19.7. The number of benzene rings is 2. The molecule has 0 aliphatic carbocycles. The molecule has 2 heterocycles. The van der Waals surface area contributed by atoms with E-state index in [1.165, 1.54) is 0 Å². The standard InChI is InChI=1S/C23H19Cl2F5N4O5/c1-33(15-6-10(24)2-3-11(15)23(28,29)30)22(38)21-20(37)18(19(36)16(8-35)39-21)34-7-14(31-32-34)9-4-12(26)17(25)13(27)5-9/h2-7,16,18-21,35-37H,8H2,1H3. The average Bonchev–Trinajstić information content (AvgIpc) is 3.35. The van der Waals surface area contributed by atoms with E-state index in [0.29, 0.717) is 11.0 Å². The van der Waals surface area contributed by atoms with Gasteiger partial charge in [-0.15, -0.1) is 5.10 Å². The molecule has 1 aliphatic rings. The Kier molecular flexibility index (Phi) is 8.17. The number of ether oxygens (including phenoxy) is 1. The van der Waals surface area contributed by atoms with E-state index in [2.05, 4.69) is 10.3 Å². The minimum Gasteiger partial charge on any atom is -0.394 e. The lowest BCUT2D eigenvalue weighted by Gasteiger charge is -2.42. The van der Waals surface area contributed by atoms with Crippen molar-refractivity contribution < 1.29 is 46.8 Å². The first-order valence-corrected chi connectivity index (χ1v) is 11.8. The zero-order chi connectivity index (χ0) is 28.8. The zero-order valence-corrected chi connectivity index (χ0v) is 21.2. The number of aromatic nitrogens is 3. The summed E-state index contributed by atoms with van der Waals surface area (Å²) >= 11 is 11.3. The smallest absolute Gasteiger partial charge is 0.394 e. The number of aliphatic hydroxyl groups excluding tert-OH is 3. The highest BCUT2D eigenvalue weighted by Gasteiger charge is 2.50. The molecule has 39 heavy (non-hydrogen) atoms. The molecule has 3 aromatic rings. The summed E-state index contributed by atoms with van der Waals surface area (Å²) in [6, 6.07) is 2.80. The van der Waals surface area contributed by atoms with Gasteiger partial charge in [0.05, 0.1) is 24.1 Å². The second-order valence-electron chi connectivity index (χ2n) is 8.64. The van der Waals surface area contributed by atoms with Crippen LogP contribution in [0.25, 0.3) is 11.3 Å². The van der Waals surface area contributed by atoms with Gasteiger partial charge in [-0.25, -0.2) is 13.5 Å². The minimum atomic E-state index is -4.86. The van der Waals surface area contributed by atoms with E-state index in [1.807, 2.05) is 0 Å². The Balaban J connectivity index is 1.69. The van der Waals surface area contributed by atoms with E-state index in [-0.39, 0.29) is 16.3 Å². The quantitative estimate of drug-likeness (QED) is 0.305. The SMILES string of the molecule is CN(C(=O)C1OC(CO)C(O)C(n2cc(-c3cc(F)c(Cl)c(F)c3)nn2)C1O)c1cc(Cl)ccc1C(F)(F)F. The third-order valence-corrected chi connectivity index (χ3v) is 6.78. The number of alkyl halides is 3. The van der Waals surface area contributed by atoms with Crippen molar-refractivity contribution in [2.24, 2.45) is 0 Å². The lowest BCUT2D eigenvalue weighted by atomic mass is 9.91.